The highest BCUT2D eigenvalue weighted by atomic mass is 127. The topological polar surface area (TPSA) is 72.5 Å². The van der Waals surface area contributed by atoms with Crippen LogP contribution in [0, 0.1) is 35.5 Å². The predicted octanol–water partition coefficient (Wildman–Crippen LogP) is 5.14. The van der Waals surface area contributed by atoms with Crippen LogP contribution in [0.2, 0.25) is 0 Å². The minimum Gasteiger partial charge on any atom is -0.480 e. The summed E-state index contributed by atoms with van der Waals surface area (Å²) in [5.41, 5.74) is 5.87. The standard InChI is InChI=1S/C21H37I2NO3/c1-6-14-7-10(2)19(11(3)8-14)27-20-17(22)12(4)15(13(5)18(20)23)9-16(24)21(25)26/h10-20H,6-9,24H2,1-5H3,(H,25,26). The molecule has 0 heterocycles. The molecule has 2 aliphatic rings. The number of rotatable bonds is 6. The van der Waals surface area contributed by atoms with Crippen LogP contribution in [0.5, 0.6) is 0 Å². The highest BCUT2D eigenvalue weighted by Gasteiger charge is 2.48. The third-order valence-corrected chi connectivity index (χ3v) is 10.9. The van der Waals surface area contributed by atoms with Gasteiger partial charge in [-0.2, -0.15) is 0 Å². The molecular weight excluding hydrogens is 568 g/mol. The third kappa shape index (κ3) is 5.51. The molecule has 2 rings (SSSR count). The van der Waals surface area contributed by atoms with Gasteiger partial charge in [-0.05, 0) is 54.8 Å². The molecule has 7 unspecified atom stereocenters. The van der Waals surface area contributed by atoms with Gasteiger partial charge < -0.3 is 15.6 Å². The molecule has 6 heteroatoms. The second-order valence-electron chi connectivity index (χ2n) is 9.22. The van der Waals surface area contributed by atoms with Gasteiger partial charge in [0, 0.05) is 7.85 Å². The molecule has 3 N–H and O–H groups in total. The highest BCUT2D eigenvalue weighted by molar-refractivity contribution is 14.1. The van der Waals surface area contributed by atoms with E-state index in [1.165, 1.54) is 19.3 Å². The van der Waals surface area contributed by atoms with Crippen LogP contribution in [-0.2, 0) is 9.53 Å². The second-order valence-corrected chi connectivity index (χ2v) is 12.1. The summed E-state index contributed by atoms with van der Waals surface area (Å²) in [5.74, 6) is 2.29. The van der Waals surface area contributed by atoms with Gasteiger partial charge in [-0.25, -0.2) is 0 Å². The van der Waals surface area contributed by atoms with E-state index in [-0.39, 0.29) is 6.10 Å². The van der Waals surface area contributed by atoms with E-state index in [1.54, 1.807) is 0 Å². The molecule has 0 bridgehead atoms. The van der Waals surface area contributed by atoms with Crippen molar-refractivity contribution in [2.24, 2.45) is 41.2 Å². The number of alkyl halides is 2. The lowest BCUT2D eigenvalue weighted by atomic mass is 9.69. The van der Waals surface area contributed by atoms with E-state index < -0.39 is 12.0 Å². The van der Waals surface area contributed by atoms with Crippen molar-refractivity contribution in [3.8, 4) is 0 Å². The predicted molar refractivity (Wildman–Crippen MR) is 128 cm³/mol. The number of hydrogen-bond acceptors (Lipinski definition) is 3. The lowest BCUT2D eigenvalue weighted by molar-refractivity contribution is -0.139. The quantitative estimate of drug-likeness (QED) is 0.325. The largest absolute Gasteiger partial charge is 0.480 e. The summed E-state index contributed by atoms with van der Waals surface area (Å²) in [6.45, 7) is 11.5. The lowest BCUT2D eigenvalue weighted by Gasteiger charge is -2.49. The zero-order chi connectivity index (χ0) is 20.5. The Balaban J connectivity index is 2.09. The normalized spacial score (nSPS) is 46.8. The van der Waals surface area contributed by atoms with Gasteiger partial charge in [0.15, 0.2) is 0 Å². The molecule has 0 amide bonds. The molecule has 158 valence electrons. The minimum atomic E-state index is -0.891. The first-order chi connectivity index (χ1) is 12.6. The Labute approximate surface area is 192 Å². The van der Waals surface area contributed by atoms with Crippen molar-refractivity contribution in [2.75, 3.05) is 0 Å². The monoisotopic (exact) mass is 605 g/mol. The highest BCUT2D eigenvalue weighted by Crippen LogP contribution is 2.47. The van der Waals surface area contributed by atoms with Crippen LogP contribution in [0.15, 0.2) is 0 Å². The molecule has 0 saturated heterocycles. The van der Waals surface area contributed by atoms with E-state index >= 15 is 0 Å². The number of nitrogens with two attached hydrogens (primary N) is 1. The Morgan fingerprint density at radius 1 is 1.07 bits per heavy atom. The molecule has 0 spiro atoms. The van der Waals surface area contributed by atoms with E-state index in [0.717, 1.165) is 5.92 Å². The number of halogens is 2. The van der Waals surface area contributed by atoms with Crippen molar-refractivity contribution in [1.29, 1.82) is 0 Å². The third-order valence-electron chi connectivity index (χ3n) is 7.25. The van der Waals surface area contributed by atoms with Crippen LogP contribution >= 0.6 is 45.2 Å². The summed E-state index contributed by atoms with van der Waals surface area (Å²) < 4.78 is 7.62. The number of aliphatic carboxylic acids is 1. The molecule has 2 aliphatic carbocycles. The van der Waals surface area contributed by atoms with Gasteiger partial charge in [0.2, 0.25) is 0 Å². The molecule has 7 atom stereocenters. The molecule has 0 aromatic rings. The molecule has 0 aromatic carbocycles. The summed E-state index contributed by atoms with van der Waals surface area (Å²) in [7, 11) is 0. The summed E-state index contributed by atoms with van der Waals surface area (Å²) >= 11 is 5.11. The van der Waals surface area contributed by atoms with E-state index in [2.05, 4.69) is 79.8 Å². The Hall–Kier alpha value is 0.850. The number of carboxylic acid groups (broad SMARTS) is 1. The van der Waals surface area contributed by atoms with E-state index in [0.29, 0.717) is 50.0 Å². The summed E-state index contributed by atoms with van der Waals surface area (Å²) in [5, 5.41) is 9.23. The minimum absolute atomic E-state index is 0.224. The number of hydrogen-bond donors (Lipinski definition) is 2. The van der Waals surface area contributed by atoms with Crippen molar-refractivity contribution >= 4 is 51.2 Å². The van der Waals surface area contributed by atoms with E-state index in [9.17, 15) is 9.90 Å². The summed E-state index contributed by atoms with van der Waals surface area (Å²) in [6.07, 6.45) is 4.94. The fourth-order valence-electron chi connectivity index (χ4n) is 5.46. The van der Waals surface area contributed by atoms with E-state index in [1.807, 2.05) is 0 Å². The zero-order valence-corrected chi connectivity index (χ0v) is 21.6. The van der Waals surface area contributed by atoms with Gasteiger partial charge in [0.05, 0.1) is 12.2 Å². The van der Waals surface area contributed by atoms with Crippen molar-refractivity contribution in [3.63, 3.8) is 0 Å². The molecule has 27 heavy (non-hydrogen) atoms. The Morgan fingerprint density at radius 2 is 1.56 bits per heavy atom. The molecule has 2 saturated carbocycles. The maximum Gasteiger partial charge on any atom is 0.320 e. The fraction of sp³-hybridized carbons (Fsp3) is 0.952. The van der Waals surface area contributed by atoms with Crippen molar-refractivity contribution < 1.29 is 14.6 Å². The molecule has 0 radical (unpaired) electrons. The zero-order valence-electron chi connectivity index (χ0n) is 17.3. The molecular formula is C21H37I2NO3. The van der Waals surface area contributed by atoms with Gasteiger partial charge >= 0.3 is 5.97 Å². The summed E-state index contributed by atoms with van der Waals surface area (Å²) in [6, 6.07) is -0.770. The first kappa shape index (κ1) is 24.1. The van der Waals surface area contributed by atoms with Crippen LogP contribution in [0.25, 0.3) is 0 Å². The van der Waals surface area contributed by atoms with Crippen LogP contribution in [-0.4, -0.2) is 37.2 Å². The van der Waals surface area contributed by atoms with Crippen molar-refractivity contribution in [1.82, 2.24) is 0 Å². The smallest absolute Gasteiger partial charge is 0.320 e. The molecule has 4 nitrogen and oxygen atoms in total. The van der Waals surface area contributed by atoms with Crippen LogP contribution < -0.4 is 5.73 Å². The second kappa shape index (κ2) is 10.2. The van der Waals surface area contributed by atoms with Crippen molar-refractivity contribution in [2.45, 2.75) is 86.4 Å². The first-order valence-electron chi connectivity index (χ1n) is 10.5. The molecule has 2 fully saturated rings. The average molecular weight is 605 g/mol. The van der Waals surface area contributed by atoms with Crippen LogP contribution in [0.3, 0.4) is 0 Å². The lowest BCUT2D eigenvalue weighted by Crippen LogP contribution is -2.54. The van der Waals surface area contributed by atoms with Gasteiger partial charge in [-0.15, -0.1) is 0 Å². The Morgan fingerprint density at radius 3 is 1.96 bits per heavy atom. The van der Waals surface area contributed by atoms with Gasteiger partial charge in [0.1, 0.15) is 6.04 Å². The Bertz CT molecular complexity index is 478. The van der Waals surface area contributed by atoms with Gasteiger partial charge in [-0.1, -0.05) is 86.2 Å². The average Bonchev–Trinajstić information content (AvgIpc) is 2.61. The molecule has 0 aliphatic heterocycles. The van der Waals surface area contributed by atoms with Crippen molar-refractivity contribution in [3.05, 3.63) is 0 Å². The fourth-order valence-corrected chi connectivity index (χ4v) is 8.55. The SMILES string of the molecule is CCC1CC(C)C(OC2C(I)C(C)C(CC(N)C(=O)O)C(C)C2I)C(C)C1. The van der Waals surface area contributed by atoms with Crippen LogP contribution in [0.1, 0.15) is 60.3 Å². The maximum absolute atomic E-state index is 11.2. The first-order valence-corrected chi connectivity index (χ1v) is 13.0. The maximum atomic E-state index is 11.2. The summed E-state index contributed by atoms with van der Waals surface area (Å²) in [4.78, 5) is 11.2. The molecule has 0 aromatic heterocycles. The number of ether oxygens (including phenoxy) is 1. The number of carbonyl (C=O) groups is 1. The van der Waals surface area contributed by atoms with Gasteiger partial charge in [-0.3, -0.25) is 4.79 Å². The van der Waals surface area contributed by atoms with E-state index in [4.69, 9.17) is 10.5 Å². The van der Waals surface area contributed by atoms with Gasteiger partial charge in [0.25, 0.3) is 0 Å². The Kier molecular flexibility index (Phi) is 9.15. The number of carboxylic acids is 1. The van der Waals surface area contributed by atoms with Crippen LogP contribution in [0.4, 0.5) is 0 Å².